The van der Waals surface area contributed by atoms with E-state index in [1.54, 1.807) is 6.07 Å². The molecule has 4 nitrogen and oxygen atoms in total. The van der Waals surface area contributed by atoms with E-state index in [9.17, 15) is 4.79 Å². The van der Waals surface area contributed by atoms with Crippen LogP contribution in [-0.4, -0.2) is 25.6 Å². The Hall–Kier alpha value is -1.26. The van der Waals surface area contributed by atoms with Crippen LogP contribution in [0.5, 0.6) is 5.75 Å². The second-order valence-corrected chi connectivity index (χ2v) is 5.16. The van der Waals surface area contributed by atoms with Gasteiger partial charge in [-0.2, -0.15) is 0 Å². The minimum Gasteiger partial charge on any atom is -0.482 e. The van der Waals surface area contributed by atoms with Gasteiger partial charge in [0.25, 0.3) is 5.91 Å². The average Bonchev–Trinajstić information content (AvgIpc) is 2.36. The Morgan fingerprint density at radius 2 is 2.21 bits per heavy atom. The van der Waals surface area contributed by atoms with Crippen molar-refractivity contribution < 1.29 is 9.53 Å². The highest BCUT2D eigenvalue weighted by molar-refractivity contribution is 6.32. The third-order valence-corrected chi connectivity index (χ3v) is 2.81. The number of nitrogens with two attached hydrogens (primary N) is 1. The molecule has 5 heteroatoms. The lowest BCUT2D eigenvalue weighted by Crippen LogP contribution is -2.31. The van der Waals surface area contributed by atoms with Crippen molar-refractivity contribution in [1.82, 2.24) is 5.32 Å². The van der Waals surface area contributed by atoms with Crippen LogP contribution in [0.1, 0.15) is 19.4 Å². The zero-order chi connectivity index (χ0) is 14.3. The number of ether oxygens (including phenoxy) is 1. The summed E-state index contributed by atoms with van der Waals surface area (Å²) < 4.78 is 5.52. The zero-order valence-corrected chi connectivity index (χ0v) is 12.2. The topological polar surface area (TPSA) is 64.3 Å². The van der Waals surface area contributed by atoms with Crippen LogP contribution in [0.4, 0.5) is 0 Å². The maximum atomic E-state index is 11.6. The molecule has 0 aromatic heterocycles. The van der Waals surface area contributed by atoms with Gasteiger partial charge in [-0.05, 0) is 30.5 Å². The van der Waals surface area contributed by atoms with Crippen LogP contribution >= 0.6 is 11.6 Å². The Morgan fingerprint density at radius 3 is 2.84 bits per heavy atom. The van der Waals surface area contributed by atoms with E-state index in [1.165, 1.54) is 0 Å². The Bertz CT molecular complexity index is 422. The molecule has 1 amide bonds. The number of nitrogens with one attached hydrogen (secondary N) is 1. The first-order chi connectivity index (χ1) is 9.04. The molecule has 0 aliphatic rings. The number of rotatable bonds is 7. The zero-order valence-electron chi connectivity index (χ0n) is 11.4. The normalized spacial score (nSPS) is 10.6. The van der Waals surface area contributed by atoms with Gasteiger partial charge in [-0.1, -0.05) is 37.6 Å². The molecule has 1 aromatic carbocycles. The first-order valence-corrected chi connectivity index (χ1v) is 6.79. The van der Waals surface area contributed by atoms with E-state index in [0.717, 1.165) is 5.56 Å². The van der Waals surface area contributed by atoms with Gasteiger partial charge in [0.15, 0.2) is 6.61 Å². The number of benzene rings is 1. The Balaban J connectivity index is 2.59. The lowest BCUT2D eigenvalue weighted by Gasteiger charge is -2.13. The van der Waals surface area contributed by atoms with E-state index in [1.807, 2.05) is 26.0 Å². The van der Waals surface area contributed by atoms with Crippen molar-refractivity contribution in [2.45, 2.75) is 20.3 Å². The molecule has 0 bridgehead atoms. The molecule has 0 atom stereocenters. The predicted molar refractivity (Wildman–Crippen MR) is 77.6 cm³/mol. The summed E-state index contributed by atoms with van der Waals surface area (Å²) in [6.45, 7) is 5.19. The summed E-state index contributed by atoms with van der Waals surface area (Å²) in [5.41, 5.74) is 6.46. The molecule has 0 spiro atoms. The van der Waals surface area contributed by atoms with Crippen LogP contribution < -0.4 is 15.8 Å². The highest BCUT2D eigenvalue weighted by Gasteiger charge is 2.10. The summed E-state index contributed by atoms with van der Waals surface area (Å²) in [6.07, 6.45) is 0.670. The summed E-state index contributed by atoms with van der Waals surface area (Å²) in [4.78, 5) is 11.6. The van der Waals surface area contributed by atoms with E-state index < -0.39 is 0 Å². The third kappa shape index (κ3) is 5.49. The van der Waals surface area contributed by atoms with Gasteiger partial charge < -0.3 is 15.8 Å². The second-order valence-electron chi connectivity index (χ2n) is 4.75. The Labute approximate surface area is 119 Å². The predicted octanol–water partition coefficient (Wildman–Crippen LogP) is 1.99. The van der Waals surface area contributed by atoms with E-state index in [4.69, 9.17) is 22.1 Å². The monoisotopic (exact) mass is 284 g/mol. The number of carbonyl (C=O) groups excluding carboxylic acids is 1. The minimum absolute atomic E-state index is 0.0337. The maximum Gasteiger partial charge on any atom is 0.257 e. The smallest absolute Gasteiger partial charge is 0.257 e. The van der Waals surface area contributed by atoms with Crippen molar-refractivity contribution in [2.24, 2.45) is 11.7 Å². The lowest BCUT2D eigenvalue weighted by molar-refractivity contribution is -0.123. The largest absolute Gasteiger partial charge is 0.482 e. The molecular weight excluding hydrogens is 264 g/mol. The molecule has 1 rings (SSSR count). The van der Waals surface area contributed by atoms with Crippen molar-refractivity contribution in [2.75, 3.05) is 19.7 Å². The molecule has 0 heterocycles. The highest BCUT2D eigenvalue weighted by Crippen LogP contribution is 2.28. The summed E-state index contributed by atoms with van der Waals surface area (Å²) >= 11 is 6.08. The van der Waals surface area contributed by atoms with Crippen LogP contribution in [0.25, 0.3) is 0 Å². The van der Waals surface area contributed by atoms with Gasteiger partial charge in [0.05, 0.1) is 5.02 Å². The molecule has 0 saturated heterocycles. The van der Waals surface area contributed by atoms with Gasteiger partial charge in [-0.3, -0.25) is 4.79 Å². The van der Waals surface area contributed by atoms with Crippen LogP contribution in [0.2, 0.25) is 5.02 Å². The van der Waals surface area contributed by atoms with E-state index in [2.05, 4.69) is 5.32 Å². The summed E-state index contributed by atoms with van der Waals surface area (Å²) in [5.74, 6) is 0.818. The van der Waals surface area contributed by atoms with Crippen molar-refractivity contribution in [1.29, 1.82) is 0 Å². The quantitative estimate of drug-likeness (QED) is 0.805. The van der Waals surface area contributed by atoms with Gasteiger partial charge in [-0.25, -0.2) is 0 Å². The molecule has 19 heavy (non-hydrogen) atoms. The third-order valence-electron chi connectivity index (χ3n) is 2.52. The second kappa shape index (κ2) is 8.02. The van der Waals surface area contributed by atoms with Crippen LogP contribution in [0, 0.1) is 5.92 Å². The van der Waals surface area contributed by atoms with Gasteiger partial charge in [-0.15, -0.1) is 0 Å². The van der Waals surface area contributed by atoms with Crippen molar-refractivity contribution in [3.63, 3.8) is 0 Å². The first kappa shape index (κ1) is 15.8. The number of hydrogen-bond acceptors (Lipinski definition) is 3. The Kier molecular flexibility index (Phi) is 6.67. The number of para-hydroxylation sites is 1. The number of carbonyl (C=O) groups is 1. The lowest BCUT2D eigenvalue weighted by atomic mass is 10.1. The van der Waals surface area contributed by atoms with E-state index in [0.29, 0.717) is 36.2 Å². The van der Waals surface area contributed by atoms with Crippen molar-refractivity contribution >= 4 is 17.5 Å². The summed E-state index contributed by atoms with van der Waals surface area (Å²) in [5, 5.41) is 3.29. The van der Waals surface area contributed by atoms with Crippen LogP contribution in [0.3, 0.4) is 0 Å². The molecule has 0 aliphatic carbocycles. The first-order valence-electron chi connectivity index (χ1n) is 6.41. The molecule has 0 fully saturated rings. The molecule has 0 aliphatic heterocycles. The van der Waals surface area contributed by atoms with Gasteiger partial charge in [0.2, 0.25) is 0 Å². The Morgan fingerprint density at radius 1 is 1.47 bits per heavy atom. The molecule has 0 saturated carbocycles. The molecule has 0 unspecified atom stereocenters. The molecule has 106 valence electrons. The average molecular weight is 285 g/mol. The summed E-state index contributed by atoms with van der Waals surface area (Å²) in [7, 11) is 0. The molecule has 0 radical (unpaired) electrons. The molecule has 1 aromatic rings. The summed E-state index contributed by atoms with van der Waals surface area (Å²) in [6, 6.07) is 5.49. The maximum absolute atomic E-state index is 11.6. The molecule has 3 N–H and O–H groups in total. The number of hydrogen-bond donors (Lipinski definition) is 2. The van der Waals surface area contributed by atoms with E-state index >= 15 is 0 Å². The number of amides is 1. The fourth-order valence-electron chi connectivity index (χ4n) is 1.57. The minimum atomic E-state index is -0.146. The standard InChI is InChI=1S/C14H21ClN2O2/c1-10(2)8-17-13(18)9-19-14-11(6-7-16)4-3-5-12(14)15/h3-5,10H,6-9,16H2,1-2H3,(H,17,18). The van der Waals surface area contributed by atoms with Gasteiger partial charge >= 0.3 is 0 Å². The fourth-order valence-corrected chi connectivity index (χ4v) is 1.82. The van der Waals surface area contributed by atoms with Gasteiger partial charge in [0.1, 0.15) is 5.75 Å². The van der Waals surface area contributed by atoms with Gasteiger partial charge in [0, 0.05) is 6.54 Å². The fraction of sp³-hybridized carbons (Fsp3) is 0.500. The van der Waals surface area contributed by atoms with E-state index in [-0.39, 0.29) is 12.5 Å². The molecular formula is C14H21ClN2O2. The number of halogens is 1. The van der Waals surface area contributed by atoms with Crippen molar-refractivity contribution in [3.05, 3.63) is 28.8 Å². The van der Waals surface area contributed by atoms with Crippen LogP contribution in [-0.2, 0) is 11.2 Å². The SMILES string of the molecule is CC(C)CNC(=O)COc1c(Cl)cccc1CCN. The van der Waals surface area contributed by atoms with Crippen LogP contribution in [0.15, 0.2) is 18.2 Å². The highest BCUT2D eigenvalue weighted by atomic mass is 35.5. The van der Waals surface area contributed by atoms with Crippen molar-refractivity contribution in [3.8, 4) is 5.75 Å².